The van der Waals surface area contributed by atoms with Crippen LogP contribution in [0.1, 0.15) is 6.42 Å². The maximum Gasteiger partial charge on any atom is 0.412 e. The van der Waals surface area contributed by atoms with Gasteiger partial charge in [0.2, 0.25) is 4.75 Å². The van der Waals surface area contributed by atoms with Crippen molar-refractivity contribution in [3.05, 3.63) is 0 Å². The molecule has 0 radical (unpaired) electrons. The number of rotatable bonds is 0. The van der Waals surface area contributed by atoms with Gasteiger partial charge in [0, 0.05) is 6.42 Å². The molecular weight excluding hydrogens is 220 g/mol. The van der Waals surface area contributed by atoms with E-state index in [9.17, 15) is 26.3 Å². The summed E-state index contributed by atoms with van der Waals surface area (Å²) in [5, 5.41) is -1.08. The standard InChI is InChI=1S/C5H5F6NS/c6-4(7,8)3(5(9,10)11)1-2(12)13-3/h2H,1,12H2. The van der Waals surface area contributed by atoms with Gasteiger partial charge in [-0.1, -0.05) is 0 Å². The Bertz CT molecular complexity index is 186. The average Bonchev–Trinajstić information content (AvgIpc) is 1.74. The zero-order valence-electron chi connectivity index (χ0n) is 6.04. The van der Waals surface area contributed by atoms with Gasteiger partial charge in [-0.2, -0.15) is 26.3 Å². The molecule has 0 aromatic rings. The fourth-order valence-corrected chi connectivity index (χ4v) is 2.15. The summed E-state index contributed by atoms with van der Waals surface area (Å²) >= 11 is -0.282. The lowest BCUT2D eigenvalue weighted by molar-refractivity contribution is -0.271. The maximum absolute atomic E-state index is 12.0. The van der Waals surface area contributed by atoms with Crippen molar-refractivity contribution < 1.29 is 26.3 Å². The summed E-state index contributed by atoms with van der Waals surface area (Å²) in [7, 11) is 0. The normalized spacial score (nSPS) is 28.4. The SMILES string of the molecule is NC1CC(C(F)(F)F)(C(F)(F)F)S1. The van der Waals surface area contributed by atoms with Crippen molar-refractivity contribution >= 4 is 11.8 Å². The van der Waals surface area contributed by atoms with E-state index in [-0.39, 0.29) is 11.8 Å². The van der Waals surface area contributed by atoms with Crippen molar-refractivity contribution in [3.8, 4) is 0 Å². The zero-order valence-corrected chi connectivity index (χ0v) is 6.85. The average molecular weight is 225 g/mol. The van der Waals surface area contributed by atoms with E-state index in [0.29, 0.717) is 0 Å². The van der Waals surface area contributed by atoms with Crippen LogP contribution in [-0.4, -0.2) is 22.5 Å². The third kappa shape index (κ3) is 1.50. The molecule has 0 aromatic carbocycles. The Morgan fingerprint density at radius 2 is 1.38 bits per heavy atom. The maximum atomic E-state index is 12.0. The predicted molar refractivity (Wildman–Crippen MR) is 35.0 cm³/mol. The van der Waals surface area contributed by atoms with Crippen LogP contribution < -0.4 is 5.73 Å². The second-order valence-electron chi connectivity index (χ2n) is 2.68. The molecule has 0 saturated carbocycles. The summed E-state index contributed by atoms with van der Waals surface area (Å²) in [4.78, 5) is 0. The molecule has 1 rings (SSSR count). The van der Waals surface area contributed by atoms with Gasteiger partial charge < -0.3 is 5.73 Å². The van der Waals surface area contributed by atoms with E-state index in [1.54, 1.807) is 0 Å². The van der Waals surface area contributed by atoms with Gasteiger partial charge in [0.05, 0.1) is 5.37 Å². The summed E-state index contributed by atoms with van der Waals surface area (Å²) in [6.07, 6.45) is -11.7. The Labute approximate surface area is 73.6 Å². The predicted octanol–water partition coefficient (Wildman–Crippen LogP) is 2.27. The van der Waals surface area contributed by atoms with Crippen molar-refractivity contribution in [3.63, 3.8) is 0 Å². The smallest absolute Gasteiger partial charge is 0.319 e. The Balaban J connectivity index is 2.93. The number of thioether (sulfide) groups is 1. The van der Waals surface area contributed by atoms with Gasteiger partial charge in [0.25, 0.3) is 0 Å². The fourth-order valence-electron chi connectivity index (χ4n) is 1.06. The van der Waals surface area contributed by atoms with Gasteiger partial charge in [0.1, 0.15) is 0 Å². The van der Waals surface area contributed by atoms with Crippen molar-refractivity contribution in [2.45, 2.75) is 28.9 Å². The van der Waals surface area contributed by atoms with Crippen LogP contribution in [0, 0.1) is 0 Å². The van der Waals surface area contributed by atoms with Crippen LogP contribution in [0.3, 0.4) is 0 Å². The minimum absolute atomic E-state index is 0.282. The molecule has 1 fully saturated rings. The number of alkyl halides is 6. The molecule has 1 aliphatic heterocycles. The van der Waals surface area contributed by atoms with Gasteiger partial charge in [0.15, 0.2) is 0 Å². The number of halogens is 6. The first-order valence-corrected chi connectivity index (χ1v) is 4.05. The molecule has 1 aliphatic rings. The molecule has 1 atom stereocenters. The molecule has 1 heterocycles. The van der Waals surface area contributed by atoms with Crippen LogP contribution in [0.25, 0.3) is 0 Å². The van der Waals surface area contributed by atoms with Gasteiger partial charge >= 0.3 is 12.4 Å². The molecule has 0 amide bonds. The number of hydrogen-bond donors (Lipinski definition) is 1. The quantitative estimate of drug-likeness (QED) is 0.640. The third-order valence-corrected chi connectivity index (χ3v) is 3.26. The van der Waals surface area contributed by atoms with Gasteiger partial charge in [-0.3, -0.25) is 0 Å². The van der Waals surface area contributed by atoms with E-state index in [0.717, 1.165) is 0 Å². The summed E-state index contributed by atoms with van der Waals surface area (Å²) < 4.78 is 68.5. The molecule has 78 valence electrons. The van der Waals surface area contributed by atoms with Crippen molar-refractivity contribution in [1.82, 2.24) is 0 Å². The minimum atomic E-state index is -5.29. The molecule has 0 spiro atoms. The highest BCUT2D eigenvalue weighted by molar-refractivity contribution is 8.02. The summed E-state index contributed by atoms with van der Waals surface area (Å²) in [5.41, 5.74) is 4.91. The monoisotopic (exact) mass is 225 g/mol. The van der Waals surface area contributed by atoms with E-state index in [4.69, 9.17) is 5.73 Å². The van der Waals surface area contributed by atoms with E-state index in [2.05, 4.69) is 0 Å². The van der Waals surface area contributed by atoms with E-state index in [1.165, 1.54) is 0 Å². The zero-order chi connectivity index (χ0) is 10.5. The topological polar surface area (TPSA) is 26.0 Å². The summed E-state index contributed by atoms with van der Waals surface area (Å²) in [6, 6.07) is 0. The highest BCUT2D eigenvalue weighted by Gasteiger charge is 2.76. The highest BCUT2D eigenvalue weighted by Crippen LogP contribution is 2.62. The second kappa shape index (κ2) is 2.69. The van der Waals surface area contributed by atoms with Crippen LogP contribution in [0.15, 0.2) is 0 Å². The summed E-state index contributed by atoms with van der Waals surface area (Å²) in [6.45, 7) is 0. The van der Waals surface area contributed by atoms with Crippen LogP contribution in [0.4, 0.5) is 26.3 Å². The molecule has 0 aromatic heterocycles. The number of hydrogen-bond acceptors (Lipinski definition) is 2. The first-order chi connectivity index (χ1) is 5.60. The van der Waals surface area contributed by atoms with Crippen molar-refractivity contribution in [2.24, 2.45) is 5.73 Å². The molecule has 1 unspecified atom stereocenters. The van der Waals surface area contributed by atoms with E-state index < -0.39 is 28.9 Å². The molecule has 8 heteroatoms. The Morgan fingerprint density at radius 1 is 1.08 bits per heavy atom. The van der Waals surface area contributed by atoms with Crippen LogP contribution in [-0.2, 0) is 0 Å². The van der Waals surface area contributed by atoms with Crippen LogP contribution in [0.2, 0.25) is 0 Å². The molecule has 13 heavy (non-hydrogen) atoms. The van der Waals surface area contributed by atoms with Crippen LogP contribution in [0.5, 0.6) is 0 Å². The van der Waals surface area contributed by atoms with Crippen molar-refractivity contribution in [2.75, 3.05) is 0 Å². The minimum Gasteiger partial charge on any atom is -0.319 e. The Hall–Kier alpha value is -0.110. The first-order valence-electron chi connectivity index (χ1n) is 3.17. The second-order valence-corrected chi connectivity index (χ2v) is 4.22. The van der Waals surface area contributed by atoms with Gasteiger partial charge in [-0.05, 0) is 0 Å². The lowest BCUT2D eigenvalue weighted by Gasteiger charge is -2.46. The largest absolute Gasteiger partial charge is 0.412 e. The number of nitrogens with two attached hydrogens (primary N) is 1. The highest BCUT2D eigenvalue weighted by atomic mass is 32.2. The fraction of sp³-hybridized carbons (Fsp3) is 1.00. The van der Waals surface area contributed by atoms with E-state index in [1.807, 2.05) is 0 Å². The summed E-state index contributed by atoms with van der Waals surface area (Å²) in [5.74, 6) is 0. The van der Waals surface area contributed by atoms with E-state index >= 15 is 0 Å². The lowest BCUT2D eigenvalue weighted by atomic mass is 10.0. The van der Waals surface area contributed by atoms with Crippen molar-refractivity contribution in [1.29, 1.82) is 0 Å². The Kier molecular flexibility index (Phi) is 2.27. The molecule has 1 saturated heterocycles. The van der Waals surface area contributed by atoms with Crippen LogP contribution >= 0.6 is 11.8 Å². The molecule has 0 bridgehead atoms. The molecule has 2 N–H and O–H groups in total. The van der Waals surface area contributed by atoms with Gasteiger partial charge in [-0.25, -0.2) is 0 Å². The third-order valence-electron chi connectivity index (χ3n) is 1.76. The molecule has 1 nitrogen and oxygen atoms in total. The Morgan fingerprint density at radius 3 is 1.46 bits per heavy atom. The first kappa shape index (κ1) is 11.0. The molecular formula is C5H5F6NS. The lowest BCUT2D eigenvalue weighted by Crippen LogP contribution is -2.63. The van der Waals surface area contributed by atoms with Gasteiger partial charge in [-0.15, -0.1) is 11.8 Å². The molecule has 0 aliphatic carbocycles.